The number of hydrogen-bond donors (Lipinski definition) is 1. The van der Waals surface area contributed by atoms with Gasteiger partial charge >= 0.3 is 0 Å². The first-order valence-electron chi connectivity index (χ1n) is 9.50. The molecule has 1 aliphatic heterocycles. The van der Waals surface area contributed by atoms with E-state index in [1.807, 2.05) is 30.1 Å². The number of hydrogen-bond acceptors (Lipinski definition) is 6. The van der Waals surface area contributed by atoms with Crippen LogP contribution in [-0.4, -0.2) is 63.2 Å². The van der Waals surface area contributed by atoms with E-state index in [2.05, 4.69) is 22.3 Å². The molecular formula is C20H28N4O3. The Morgan fingerprint density at radius 1 is 1.33 bits per heavy atom. The quantitative estimate of drug-likeness (QED) is 0.761. The number of carbonyl (C=O) groups is 1. The molecular weight excluding hydrogens is 344 g/mol. The van der Waals surface area contributed by atoms with Crippen molar-refractivity contribution in [2.24, 2.45) is 0 Å². The summed E-state index contributed by atoms with van der Waals surface area (Å²) in [6, 6.07) is 10.3. The third kappa shape index (κ3) is 5.14. The molecule has 1 saturated heterocycles. The van der Waals surface area contributed by atoms with E-state index in [9.17, 15) is 9.90 Å². The van der Waals surface area contributed by atoms with Crippen LogP contribution < -0.4 is 0 Å². The topological polar surface area (TPSA) is 82.7 Å². The van der Waals surface area contributed by atoms with Crippen LogP contribution in [-0.2, 0) is 17.8 Å². The second-order valence-electron chi connectivity index (χ2n) is 7.42. The van der Waals surface area contributed by atoms with Crippen LogP contribution in [0, 0.1) is 6.92 Å². The minimum Gasteiger partial charge on any atom is -0.379 e. The van der Waals surface area contributed by atoms with Crippen molar-refractivity contribution in [2.75, 3.05) is 26.7 Å². The molecule has 3 rings (SSSR count). The lowest BCUT2D eigenvalue weighted by molar-refractivity contribution is -0.159. The number of benzene rings is 1. The van der Waals surface area contributed by atoms with Crippen molar-refractivity contribution < 1.29 is 14.4 Å². The van der Waals surface area contributed by atoms with Crippen molar-refractivity contribution in [1.82, 2.24) is 19.9 Å². The predicted molar refractivity (Wildman–Crippen MR) is 101 cm³/mol. The summed E-state index contributed by atoms with van der Waals surface area (Å²) in [5.41, 5.74) is -0.0822. The number of carbonyl (C=O) groups excluding carboxylic acids is 1. The third-order valence-corrected chi connectivity index (χ3v) is 4.95. The van der Waals surface area contributed by atoms with Gasteiger partial charge in [0.05, 0.1) is 6.54 Å². The monoisotopic (exact) mass is 372 g/mol. The molecule has 2 heterocycles. The first-order chi connectivity index (χ1) is 13.0. The summed E-state index contributed by atoms with van der Waals surface area (Å²) in [4.78, 5) is 20.7. The van der Waals surface area contributed by atoms with Crippen LogP contribution >= 0.6 is 0 Å². The molecule has 1 aromatic heterocycles. The number of nitrogens with zero attached hydrogens (tertiary/aromatic N) is 4. The van der Waals surface area contributed by atoms with Crippen LogP contribution in [0.25, 0.3) is 0 Å². The Morgan fingerprint density at radius 2 is 2.11 bits per heavy atom. The Hall–Kier alpha value is -2.25. The average Bonchev–Trinajstić information content (AvgIpc) is 3.04. The zero-order chi connectivity index (χ0) is 19.3. The second-order valence-corrected chi connectivity index (χ2v) is 7.42. The van der Waals surface area contributed by atoms with Gasteiger partial charge in [-0.05, 0) is 45.2 Å². The van der Waals surface area contributed by atoms with Crippen molar-refractivity contribution >= 4 is 5.91 Å². The summed E-state index contributed by atoms with van der Waals surface area (Å²) >= 11 is 0. The van der Waals surface area contributed by atoms with E-state index in [1.165, 1.54) is 5.56 Å². The molecule has 1 aliphatic rings. The minimum atomic E-state index is -1.35. The molecule has 146 valence electrons. The van der Waals surface area contributed by atoms with Crippen LogP contribution in [0.2, 0.25) is 0 Å². The van der Waals surface area contributed by atoms with Crippen LogP contribution in [0.3, 0.4) is 0 Å². The fraction of sp³-hybridized carbons (Fsp3) is 0.550. The number of aryl methyl sites for hydroxylation is 2. The van der Waals surface area contributed by atoms with E-state index < -0.39 is 5.60 Å². The van der Waals surface area contributed by atoms with Gasteiger partial charge in [-0.2, -0.15) is 4.98 Å². The Bertz CT molecular complexity index is 749. The second kappa shape index (κ2) is 8.63. The van der Waals surface area contributed by atoms with Gasteiger partial charge in [0.1, 0.15) is 0 Å². The molecule has 27 heavy (non-hydrogen) atoms. The summed E-state index contributed by atoms with van der Waals surface area (Å²) in [5, 5.41) is 14.7. The van der Waals surface area contributed by atoms with Crippen molar-refractivity contribution in [3.63, 3.8) is 0 Å². The van der Waals surface area contributed by atoms with Gasteiger partial charge in [0.25, 0.3) is 5.91 Å². The first-order valence-corrected chi connectivity index (χ1v) is 9.50. The van der Waals surface area contributed by atoms with Crippen LogP contribution in [0.15, 0.2) is 34.9 Å². The zero-order valence-corrected chi connectivity index (χ0v) is 16.1. The molecule has 1 amide bonds. The zero-order valence-electron chi connectivity index (χ0n) is 16.1. The molecule has 2 aromatic rings. The molecule has 0 aliphatic carbocycles. The van der Waals surface area contributed by atoms with E-state index in [4.69, 9.17) is 4.52 Å². The molecule has 0 radical (unpaired) electrons. The van der Waals surface area contributed by atoms with Gasteiger partial charge < -0.3 is 14.5 Å². The largest absolute Gasteiger partial charge is 0.379 e. The molecule has 1 fully saturated rings. The first kappa shape index (κ1) is 19.5. The highest BCUT2D eigenvalue weighted by Crippen LogP contribution is 2.24. The number of piperidine rings is 1. The molecule has 0 bridgehead atoms. The van der Waals surface area contributed by atoms with Crippen molar-refractivity contribution in [3.8, 4) is 0 Å². The highest BCUT2D eigenvalue weighted by atomic mass is 16.5. The normalized spacial score (nSPS) is 20.4. The van der Waals surface area contributed by atoms with Gasteiger partial charge in [0, 0.05) is 19.6 Å². The third-order valence-electron chi connectivity index (χ3n) is 4.95. The highest BCUT2D eigenvalue weighted by Gasteiger charge is 2.42. The Balaban J connectivity index is 1.52. The smallest absolute Gasteiger partial charge is 0.255 e. The lowest BCUT2D eigenvalue weighted by atomic mass is 9.91. The van der Waals surface area contributed by atoms with Gasteiger partial charge in [-0.25, -0.2) is 0 Å². The molecule has 7 heteroatoms. The maximum atomic E-state index is 12.9. The van der Waals surface area contributed by atoms with E-state index >= 15 is 0 Å². The van der Waals surface area contributed by atoms with Crippen LogP contribution in [0.1, 0.15) is 36.5 Å². The molecule has 1 aromatic carbocycles. The predicted octanol–water partition coefficient (Wildman–Crippen LogP) is 1.80. The molecule has 1 atom stereocenters. The van der Waals surface area contributed by atoms with Gasteiger partial charge in [-0.15, -0.1) is 0 Å². The fourth-order valence-corrected chi connectivity index (χ4v) is 3.68. The van der Waals surface area contributed by atoms with E-state index in [-0.39, 0.29) is 12.5 Å². The Morgan fingerprint density at radius 3 is 2.81 bits per heavy atom. The summed E-state index contributed by atoms with van der Waals surface area (Å²) in [5.74, 6) is 0.896. The number of amides is 1. The lowest BCUT2D eigenvalue weighted by Crippen LogP contribution is -2.58. The van der Waals surface area contributed by atoms with Crippen molar-refractivity contribution in [3.05, 3.63) is 47.6 Å². The van der Waals surface area contributed by atoms with Crippen LogP contribution in [0.4, 0.5) is 0 Å². The van der Waals surface area contributed by atoms with Gasteiger partial charge in [-0.1, -0.05) is 35.5 Å². The number of likely N-dealkylation sites (N-methyl/N-ethyl adjacent to an activating group) is 1. The minimum absolute atomic E-state index is 0.171. The standard InChI is InChI=1S/C20H28N4O3/c1-16-21-18(27-22-16)14-23(2)15-20(26)11-7-13-24(19(20)25)12-6-10-17-8-4-3-5-9-17/h3-5,8-9,26H,6-7,10-15H2,1-2H3. The van der Waals surface area contributed by atoms with E-state index in [0.717, 1.165) is 19.3 Å². The Labute approximate surface area is 160 Å². The number of rotatable bonds is 8. The molecule has 7 nitrogen and oxygen atoms in total. The fourth-order valence-electron chi connectivity index (χ4n) is 3.68. The molecule has 0 spiro atoms. The summed E-state index contributed by atoms with van der Waals surface area (Å²) in [7, 11) is 1.85. The highest BCUT2D eigenvalue weighted by molar-refractivity contribution is 5.86. The SMILES string of the molecule is Cc1noc(CN(C)CC2(O)CCCN(CCCc3ccccc3)C2=O)n1. The van der Waals surface area contributed by atoms with Crippen molar-refractivity contribution in [1.29, 1.82) is 0 Å². The maximum Gasteiger partial charge on any atom is 0.255 e. The lowest BCUT2D eigenvalue weighted by Gasteiger charge is -2.40. The number of aromatic nitrogens is 2. The molecule has 1 N–H and O–H groups in total. The summed E-state index contributed by atoms with van der Waals surface area (Å²) in [6.07, 6.45) is 3.11. The van der Waals surface area contributed by atoms with E-state index in [1.54, 1.807) is 11.8 Å². The number of aliphatic hydroxyl groups is 1. The van der Waals surface area contributed by atoms with Gasteiger partial charge in [0.2, 0.25) is 5.89 Å². The Kier molecular flexibility index (Phi) is 6.23. The van der Waals surface area contributed by atoms with E-state index in [0.29, 0.717) is 37.8 Å². The molecule has 1 unspecified atom stereocenters. The number of likely N-dealkylation sites (tertiary alicyclic amines) is 1. The average molecular weight is 372 g/mol. The maximum absolute atomic E-state index is 12.9. The van der Waals surface area contributed by atoms with Gasteiger partial charge in [0.15, 0.2) is 11.4 Å². The van der Waals surface area contributed by atoms with Gasteiger partial charge in [-0.3, -0.25) is 9.69 Å². The summed E-state index contributed by atoms with van der Waals surface area (Å²) in [6.45, 7) is 3.80. The van der Waals surface area contributed by atoms with Crippen LogP contribution in [0.5, 0.6) is 0 Å². The summed E-state index contributed by atoms with van der Waals surface area (Å²) < 4.78 is 5.12. The van der Waals surface area contributed by atoms with Crippen molar-refractivity contribution in [2.45, 2.75) is 44.8 Å². The molecule has 0 saturated carbocycles.